The van der Waals surface area contributed by atoms with Crippen molar-refractivity contribution in [2.24, 2.45) is 0 Å². The van der Waals surface area contributed by atoms with Gasteiger partial charge in [0.2, 0.25) is 0 Å². The molecule has 1 aromatic carbocycles. The Hall–Kier alpha value is -2.77. The average Bonchev–Trinajstić information content (AvgIpc) is 3.20. The second-order valence-electron chi connectivity index (χ2n) is 7.49. The van der Waals surface area contributed by atoms with Crippen LogP contribution in [0, 0.1) is 11.3 Å². The van der Waals surface area contributed by atoms with Gasteiger partial charge >= 0.3 is 0 Å². The van der Waals surface area contributed by atoms with E-state index >= 15 is 0 Å². The van der Waals surface area contributed by atoms with Gasteiger partial charge in [0.1, 0.15) is 0 Å². The van der Waals surface area contributed by atoms with Crippen LogP contribution in [-0.4, -0.2) is 24.1 Å². The van der Waals surface area contributed by atoms with Gasteiger partial charge in [-0.15, -0.1) is 0 Å². The van der Waals surface area contributed by atoms with Gasteiger partial charge in [-0.2, -0.15) is 5.26 Å². The number of nitriles is 1. The van der Waals surface area contributed by atoms with Crippen molar-refractivity contribution >= 4 is 0 Å². The van der Waals surface area contributed by atoms with Gasteiger partial charge in [0.25, 0.3) is 0 Å². The number of allylic oxidation sites excluding steroid dienone is 5. The normalized spacial score (nSPS) is 19.3. The minimum Gasteiger partial charge on any atom is -0.498 e. The summed E-state index contributed by atoms with van der Waals surface area (Å²) >= 11 is 0. The van der Waals surface area contributed by atoms with Crippen molar-refractivity contribution in [3.05, 3.63) is 83.3 Å². The van der Waals surface area contributed by atoms with Crippen LogP contribution < -0.4 is 5.32 Å². The van der Waals surface area contributed by atoms with Crippen LogP contribution in [0.2, 0.25) is 0 Å². The van der Waals surface area contributed by atoms with Crippen LogP contribution in [-0.2, 0) is 17.8 Å². The molecule has 29 heavy (non-hydrogen) atoms. The van der Waals surface area contributed by atoms with Gasteiger partial charge in [-0.05, 0) is 62.4 Å². The van der Waals surface area contributed by atoms with E-state index in [0.717, 1.165) is 50.9 Å². The maximum atomic E-state index is 9.37. The van der Waals surface area contributed by atoms with E-state index in [1.165, 1.54) is 16.8 Å². The van der Waals surface area contributed by atoms with Crippen molar-refractivity contribution in [2.45, 2.75) is 51.8 Å². The molecular weight excluding hydrogens is 358 g/mol. The molecule has 0 fully saturated rings. The van der Waals surface area contributed by atoms with E-state index in [1.807, 2.05) is 6.08 Å². The van der Waals surface area contributed by atoms with Crippen molar-refractivity contribution in [3.8, 4) is 6.07 Å². The Morgan fingerprint density at radius 3 is 2.76 bits per heavy atom. The number of nitrogens with zero attached hydrogens (tertiary/aromatic N) is 2. The highest BCUT2D eigenvalue weighted by Gasteiger charge is 2.18. The highest BCUT2D eigenvalue weighted by Crippen LogP contribution is 2.26. The van der Waals surface area contributed by atoms with Crippen LogP contribution in [0.3, 0.4) is 0 Å². The van der Waals surface area contributed by atoms with Gasteiger partial charge in [-0.25, -0.2) is 0 Å². The first-order valence-corrected chi connectivity index (χ1v) is 10.5. The molecule has 1 N–H and O–H groups in total. The summed E-state index contributed by atoms with van der Waals surface area (Å²) in [5.41, 5.74) is 4.84. The first-order valence-electron chi connectivity index (χ1n) is 10.5. The van der Waals surface area contributed by atoms with Gasteiger partial charge in [0, 0.05) is 30.9 Å². The monoisotopic (exact) mass is 389 g/mol. The number of fused-ring (bicyclic) bond motifs is 1. The molecule has 2 heterocycles. The lowest BCUT2D eigenvalue weighted by molar-refractivity contribution is 0.116. The van der Waals surface area contributed by atoms with E-state index in [0.29, 0.717) is 12.6 Å². The molecule has 1 atom stereocenters. The predicted octanol–water partition coefficient (Wildman–Crippen LogP) is 4.97. The number of benzene rings is 1. The molecule has 0 bridgehead atoms. The molecule has 1 unspecified atom stereocenters. The van der Waals surface area contributed by atoms with Crippen molar-refractivity contribution in [3.63, 3.8) is 0 Å². The summed E-state index contributed by atoms with van der Waals surface area (Å²) in [6, 6.07) is 10.9. The summed E-state index contributed by atoms with van der Waals surface area (Å²) in [5.74, 6) is 0. The fraction of sp³-hybridized carbons (Fsp3) is 0.400. The molecule has 2 aliphatic heterocycles. The standard InChI is InChI=1S/C25H31N3O/c1-2-24(28-19-22-10-4-5-11-23(22)20-28)12-6-3-9-21(17-26)18-27-15-14-25-13-7-8-16-29-25/h2,4-6,8-12,16,25,27H,3,7,13-15,18-20H2,1H3/b12-6-,21-9+,24-2+. The molecule has 0 aliphatic carbocycles. The lowest BCUT2D eigenvalue weighted by atomic mass is 10.1. The summed E-state index contributed by atoms with van der Waals surface area (Å²) in [7, 11) is 0. The summed E-state index contributed by atoms with van der Waals surface area (Å²) in [4.78, 5) is 2.39. The summed E-state index contributed by atoms with van der Waals surface area (Å²) in [5, 5.41) is 12.7. The van der Waals surface area contributed by atoms with Crippen LogP contribution in [0.1, 0.15) is 43.7 Å². The summed E-state index contributed by atoms with van der Waals surface area (Å²) in [6.45, 7) is 5.49. The zero-order valence-corrected chi connectivity index (χ0v) is 17.3. The molecule has 0 aromatic heterocycles. The van der Waals surface area contributed by atoms with Crippen LogP contribution in [0.25, 0.3) is 0 Å². The molecule has 0 amide bonds. The van der Waals surface area contributed by atoms with Gasteiger partial charge in [0.15, 0.2) is 0 Å². The second-order valence-corrected chi connectivity index (χ2v) is 7.49. The van der Waals surface area contributed by atoms with Crippen molar-refractivity contribution in [1.82, 2.24) is 10.2 Å². The topological polar surface area (TPSA) is 48.3 Å². The number of nitrogens with one attached hydrogen (secondary N) is 1. The summed E-state index contributed by atoms with van der Waals surface area (Å²) in [6.07, 6.45) is 16.6. The quantitative estimate of drug-likeness (QED) is 0.368. The van der Waals surface area contributed by atoms with Crippen LogP contribution in [0.4, 0.5) is 0 Å². The molecule has 4 heteroatoms. The van der Waals surface area contributed by atoms with E-state index in [2.05, 4.69) is 71.8 Å². The first-order chi connectivity index (χ1) is 14.3. The predicted molar refractivity (Wildman–Crippen MR) is 118 cm³/mol. The molecule has 4 nitrogen and oxygen atoms in total. The number of hydrogen-bond donors (Lipinski definition) is 1. The Bertz CT molecular complexity index is 804. The average molecular weight is 390 g/mol. The molecule has 0 saturated heterocycles. The van der Waals surface area contributed by atoms with Gasteiger partial charge in [-0.3, -0.25) is 0 Å². The third-order valence-corrected chi connectivity index (χ3v) is 5.42. The number of rotatable bonds is 9. The minimum absolute atomic E-state index is 0.306. The second kappa shape index (κ2) is 11.3. The Morgan fingerprint density at radius 1 is 1.31 bits per heavy atom. The van der Waals surface area contributed by atoms with E-state index in [-0.39, 0.29) is 0 Å². The van der Waals surface area contributed by atoms with Crippen molar-refractivity contribution < 1.29 is 4.74 Å². The molecule has 0 spiro atoms. The van der Waals surface area contributed by atoms with Gasteiger partial charge in [-0.1, -0.05) is 42.5 Å². The van der Waals surface area contributed by atoms with Gasteiger partial charge < -0.3 is 15.0 Å². The maximum absolute atomic E-state index is 9.37. The summed E-state index contributed by atoms with van der Waals surface area (Å²) < 4.78 is 5.57. The van der Waals surface area contributed by atoms with E-state index in [4.69, 9.17) is 4.74 Å². The van der Waals surface area contributed by atoms with Crippen molar-refractivity contribution in [1.29, 1.82) is 5.26 Å². The van der Waals surface area contributed by atoms with Crippen LogP contribution >= 0.6 is 0 Å². The molecule has 0 saturated carbocycles. The Morgan fingerprint density at radius 2 is 2.10 bits per heavy atom. The zero-order chi connectivity index (χ0) is 20.3. The Balaban J connectivity index is 1.40. The number of ether oxygens (including phenoxy) is 1. The molecule has 0 radical (unpaired) electrons. The lowest BCUT2D eigenvalue weighted by Crippen LogP contribution is -2.24. The molecule has 1 aromatic rings. The smallest absolute Gasteiger partial charge is 0.0993 e. The van der Waals surface area contributed by atoms with E-state index in [9.17, 15) is 5.26 Å². The number of hydrogen-bond acceptors (Lipinski definition) is 4. The highest BCUT2D eigenvalue weighted by molar-refractivity contribution is 5.34. The molecule has 3 rings (SSSR count). The minimum atomic E-state index is 0.306. The van der Waals surface area contributed by atoms with Gasteiger partial charge in [0.05, 0.1) is 18.4 Å². The fourth-order valence-electron chi connectivity index (χ4n) is 3.74. The van der Waals surface area contributed by atoms with Crippen LogP contribution in [0.15, 0.2) is 72.2 Å². The lowest BCUT2D eigenvalue weighted by Gasteiger charge is -2.19. The Kier molecular flexibility index (Phi) is 8.15. The third-order valence-electron chi connectivity index (χ3n) is 5.42. The SMILES string of the molecule is C/C=C(\C=C/C/C=C(\C#N)CNCCC1CCC=CO1)N1Cc2ccccc2C1. The zero-order valence-electron chi connectivity index (χ0n) is 17.3. The molecular formula is C25H31N3O. The van der Waals surface area contributed by atoms with E-state index < -0.39 is 0 Å². The largest absolute Gasteiger partial charge is 0.498 e. The first kappa shape index (κ1) is 21.0. The fourth-order valence-corrected chi connectivity index (χ4v) is 3.74. The molecule has 152 valence electrons. The maximum Gasteiger partial charge on any atom is 0.0993 e. The molecule has 2 aliphatic rings. The Labute approximate surface area is 174 Å². The van der Waals surface area contributed by atoms with Crippen LogP contribution in [0.5, 0.6) is 0 Å². The van der Waals surface area contributed by atoms with E-state index in [1.54, 1.807) is 6.26 Å². The highest BCUT2D eigenvalue weighted by atomic mass is 16.5. The third kappa shape index (κ3) is 6.37. The van der Waals surface area contributed by atoms with Crippen molar-refractivity contribution in [2.75, 3.05) is 13.1 Å².